The van der Waals surface area contributed by atoms with Gasteiger partial charge in [-0.1, -0.05) is 17.7 Å². The van der Waals surface area contributed by atoms with Gasteiger partial charge in [-0.05, 0) is 73.2 Å². The molecule has 1 aliphatic heterocycles. The van der Waals surface area contributed by atoms with Crippen LogP contribution in [0.2, 0.25) is 5.02 Å². The van der Waals surface area contributed by atoms with Gasteiger partial charge in [-0.2, -0.15) is 0 Å². The van der Waals surface area contributed by atoms with E-state index in [1.165, 1.54) is 23.8 Å². The van der Waals surface area contributed by atoms with E-state index in [1.807, 2.05) is 11.4 Å². The van der Waals surface area contributed by atoms with Crippen molar-refractivity contribution >= 4 is 55.9 Å². The highest BCUT2D eigenvalue weighted by atomic mass is 35.5. The summed E-state index contributed by atoms with van der Waals surface area (Å²) in [6.45, 7) is 1.74. The van der Waals surface area contributed by atoms with Gasteiger partial charge in [0.05, 0.1) is 21.1 Å². The zero-order valence-corrected chi connectivity index (χ0v) is 19.1. The Labute approximate surface area is 190 Å². The molecule has 31 heavy (non-hydrogen) atoms. The van der Waals surface area contributed by atoms with Crippen LogP contribution in [0.4, 0.5) is 17.1 Å². The zero-order chi connectivity index (χ0) is 21.8. The number of nitrogens with one attached hydrogen (secondary N) is 2. The van der Waals surface area contributed by atoms with Gasteiger partial charge in [-0.3, -0.25) is 9.52 Å². The van der Waals surface area contributed by atoms with Crippen LogP contribution >= 0.6 is 22.9 Å². The molecule has 0 radical (unpaired) electrons. The summed E-state index contributed by atoms with van der Waals surface area (Å²) in [7, 11) is -3.85. The van der Waals surface area contributed by atoms with Crippen LogP contribution < -0.4 is 14.9 Å². The van der Waals surface area contributed by atoms with Crippen LogP contribution in [0.3, 0.4) is 0 Å². The molecule has 1 fully saturated rings. The summed E-state index contributed by atoms with van der Waals surface area (Å²) in [6.07, 6.45) is 3.30. The molecule has 1 saturated heterocycles. The normalized spacial score (nSPS) is 14.3. The van der Waals surface area contributed by atoms with E-state index in [1.54, 1.807) is 42.5 Å². The molecule has 0 unspecified atom stereocenters. The van der Waals surface area contributed by atoms with Crippen molar-refractivity contribution in [1.29, 1.82) is 0 Å². The molecule has 0 aliphatic carbocycles. The van der Waals surface area contributed by atoms with Gasteiger partial charge in [-0.15, -0.1) is 11.3 Å². The number of anilines is 3. The van der Waals surface area contributed by atoms with Gasteiger partial charge in [0.15, 0.2) is 0 Å². The molecule has 1 amide bonds. The minimum atomic E-state index is -3.85. The molecule has 1 aliphatic rings. The average molecular weight is 476 g/mol. The van der Waals surface area contributed by atoms with E-state index in [4.69, 9.17) is 11.6 Å². The molecule has 9 heteroatoms. The van der Waals surface area contributed by atoms with Crippen LogP contribution in [0, 0.1) is 0 Å². The first-order chi connectivity index (χ1) is 14.9. The number of piperidine rings is 1. The van der Waals surface area contributed by atoms with Crippen LogP contribution in [0.15, 0.2) is 64.9 Å². The minimum Gasteiger partial charge on any atom is -0.370 e. The quantitative estimate of drug-likeness (QED) is 0.497. The molecular formula is C22H22ClN3O3S2. The topological polar surface area (TPSA) is 78.5 Å². The van der Waals surface area contributed by atoms with E-state index in [2.05, 4.69) is 14.9 Å². The smallest absolute Gasteiger partial charge is 0.265 e. The highest BCUT2D eigenvalue weighted by Crippen LogP contribution is 2.32. The fourth-order valence-corrected chi connectivity index (χ4v) is 5.35. The summed E-state index contributed by atoms with van der Waals surface area (Å²) in [4.78, 5) is 15.5. The number of carbonyl (C=O) groups excluding carboxylic acids is 1. The molecule has 6 nitrogen and oxygen atoms in total. The van der Waals surface area contributed by atoms with E-state index >= 15 is 0 Å². The van der Waals surface area contributed by atoms with Crippen LogP contribution in [0.25, 0.3) is 0 Å². The number of nitrogens with zero attached hydrogens (tertiary/aromatic N) is 1. The number of amides is 1. The van der Waals surface area contributed by atoms with E-state index in [-0.39, 0.29) is 10.8 Å². The molecule has 2 N–H and O–H groups in total. The molecule has 0 atom stereocenters. The van der Waals surface area contributed by atoms with Crippen molar-refractivity contribution in [3.63, 3.8) is 0 Å². The van der Waals surface area contributed by atoms with Crippen molar-refractivity contribution in [2.75, 3.05) is 28.0 Å². The van der Waals surface area contributed by atoms with E-state index < -0.39 is 10.0 Å². The van der Waals surface area contributed by atoms with Crippen molar-refractivity contribution in [2.24, 2.45) is 0 Å². The Bertz CT molecular complexity index is 1160. The molecule has 3 aromatic rings. The lowest BCUT2D eigenvalue weighted by Gasteiger charge is -2.30. The van der Waals surface area contributed by atoms with Crippen LogP contribution in [0.5, 0.6) is 0 Å². The lowest BCUT2D eigenvalue weighted by Crippen LogP contribution is -2.30. The number of rotatable bonds is 6. The lowest BCUT2D eigenvalue weighted by molar-refractivity contribution is 0.103. The zero-order valence-electron chi connectivity index (χ0n) is 16.7. The molecule has 1 aromatic heterocycles. The summed E-state index contributed by atoms with van der Waals surface area (Å²) in [5, 5.41) is 5.27. The molecule has 2 aromatic carbocycles. The standard InChI is InChI=1S/C22H22ClN3O3S2/c23-16-6-8-17(9-7-16)25-31(28,29)18-10-11-20(26-12-2-1-3-13-26)19(15-18)24-22(27)21-5-4-14-30-21/h4-11,14-15,25H,1-3,12-13H2,(H,24,27). The van der Waals surface area contributed by atoms with Gasteiger partial charge in [0.1, 0.15) is 0 Å². The molecule has 0 spiro atoms. The minimum absolute atomic E-state index is 0.0738. The third kappa shape index (κ3) is 5.20. The average Bonchev–Trinajstić information content (AvgIpc) is 3.31. The summed E-state index contributed by atoms with van der Waals surface area (Å²) < 4.78 is 28.5. The highest BCUT2D eigenvalue weighted by molar-refractivity contribution is 7.92. The second-order valence-corrected chi connectivity index (χ2v) is 10.3. The number of thiophene rings is 1. The fourth-order valence-electron chi connectivity index (χ4n) is 3.52. The Morgan fingerprint density at radius 3 is 2.42 bits per heavy atom. The fraction of sp³-hybridized carbons (Fsp3) is 0.227. The number of sulfonamides is 1. The summed E-state index contributed by atoms with van der Waals surface area (Å²) in [5.41, 5.74) is 1.73. The Kier molecular flexibility index (Phi) is 6.50. The Hall–Kier alpha value is -2.55. The molecule has 0 bridgehead atoms. The third-order valence-corrected chi connectivity index (χ3v) is 7.56. The summed E-state index contributed by atoms with van der Waals surface area (Å²) >= 11 is 7.22. The first-order valence-electron chi connectivity index (χ1n) is 9.95. The number of hydrogen-bond acceptors (Lipinski definition) is 5. The number of benzene rings is 2. The van der Waals surface area contributed by atoms with Crippen molar-refractivity contribution in [3.8, 4) is 0 Å². The van der Waals surface area contributed by atoms with Crippen LogP contribution in [-0.4, -0.2) is 27.4 Å². The molecular weight excluding hydrogens is 454 g/mol. The summed E-state index contributed by atoms with van der Waals surface area (Å²) in [5.74, 6) is -0.256. The Morgan fingerprint density at radius 2 is 1.74 bits per heavy atom. The predicted octanol–water partition coefficient (Wildman–Crippen LogP) is 5.44. The van der Waals surface area contributed by atoms with Gasteiger partial charge >= 0.3 is 0 Å². The van der Waals surface area contributed by atoms with E-state index in [0.717, 1.165) is 31.6 Å². The number of hydrogen-bond donors (Lipinski definition) is 2. The Balaban J connectivity index is 1.66. The van der Waals surface area contributed by atoms with Crippen LogP contribution in [-0.2, 0) is 10.0 Å². The van der Waals surface area contributed by atoms with Crippen molar-refractivity contribution in [1.82, 2.24) is 0 Å². The maximum atomic E-state index is 13.0. The van der Waals surface area contributed by atoms with Gasteiger partial charge in [0, 0.05) is 23.8 Å². The maximum absolute atomic E-state index is 13.0. The maximum Gasteiger partial charge on any atom is 0.265 e. The number of halogens is 1. The Morgan fingerprint density at radius 1 is 1.00 bits per heavy atom. The molecule has 162 valence electrons. The third-order valence-electron chi connectivity index (χ3n) is 5.06. The SMILES string of the molecule is O=C(Nc1cc(S(=O)(=O)Nc2ccc(Cl)cc2)ccc1N1CCCCC1)c1cccs1. The van der Waals surface area contributed by atoms with Gasteiger partial charge in [0.2, 0.25) is 0 Å². The van der Waals surface area contributed by atoms with E-state index in [9.17, 15) is 13.2 Å². The second kappa shape index (κ2) is 9.30. The van der Waals surface area contributed by atoms with Gasteiger partial charge in [-0.25, -0.2) is 8.42 Å². The molecule has 2 heterocycles. The van der Waals surface area contributed by atoms with Crippen molar-refractivity contribution in [3.05, 3.63) is 69.9 Å². The van der Waals surface area contributed by atoms with Gasteiger partial charge < -0.3 is 10.2 Å². The largest absolute Gasteiger partial charge is 0.370 e. The lowest BCUT2D eigenvalue weighted by atomic mass is 10.1. The highest BCUT2D eigenvalue weighted by Gasteiger charge is 2.21. The second-order valence-electron chi connectivity index (χ2n) is 7.27. The van der Waals surface area contributed by atoms with Crippen molar-refractivity contribution in [2.45, 2.75) is 24.2 Å². The predicted molar refractivity (Wildman–Crippen MR) is 127 cm³/mol. The monoisotopic (exact) mass is 475 g/mol. The number of carbonyl (C=O) groups is 1. The first kappa shape index (κ1) is 21.7. The summed E-state index contributed by atoms with van der Waals surface area (Å²) in [6, 6.07) is 14.8. The van der Waals surface area contributed by atoms with Crippen LogP contribution in [0.1, 0.15) is 28.9 Å². The molecule has 0 saturated carbocycles. The first-order valence-corrected chi connectivity index (χ1v) is 12.7. The molecule has 4 rings (SSSR count). The van der Waals surface area contributed by atoms with E-state index in [0.29, 0.717) is 21.3 Å². The van der Waals surface area contributed by atoms with Crippen molar-refractivity contribution < 1.29 is 13.2 Å². The van der Waals surface area contributed by atoms with Gasteiger partial charge in [0.25, 0.3) is 15.9 Å².